The van der Waals surface area contributed by atoms with Crippen molar-refractivity contribution in [2.45, 2.75) is 51.1 Å². The number of methoxy groups -OCH3 is 1. The maximum absolute atomic E-state index is 13.1. The van der Waals surface area contributed by atoms with Crippen LogP contribution in [0.15, 0.2) is 47.4 Å². The van der Waals surface area contributed by atoms with Crippen LogP contribution in [-0.4, -0.2) is 39.0 Å². The van der Waals surface area contributed by atoms with E-state index < -0.39 is 15.9 Å². The number of urea groups is 1. The van der Waals surface area contributed by atoms with Crippen molar-refractivity contribution in [2.75, 3.05) is 13.7 Å². The van der Waals surface area contributed by atoms with Crippen molar-refractivity contribution in [3.05, 3.63) is 53.8 Å². The number of nitrogens with one attached hydrogen (secondary N) is 1. The zero-order valence-corrected chi connectivity index (χ0v) is 19.0. The summed E-state index contributed by atoms with van der Waals surface area (Å²) in [6.45, 7) is 6.70. The van der Waals surface area contributed by atoms with Gasteiger partial charge in [-0.15, -0.1) is 0 Å². The first-order valence-electron chi connectivity index (χ1n) is 10.1. The molecular formula is C22H29FN2O5S. The average molecular weight is 453 g/mol. The van der Waals surface area contributed by atoms with E-state index in [9.17, 15) is 17.6 Å². The van der Waals surface area contributed by atoms with Crippen LogP contribution in [0.4, 0.5) is 9.18 Å². The lowest BCUT2D eigenvalue weighted by molar-refractivity contribution is 0.179. The number of rotatable bonds is 10. The zero-order valence-electron chi connectivity index (χ0n) is 18.2. The first kappa shape index (κ1) is 24.5. The van der Waals surface area contributed by atoms with Gasteiger partial charge in [0, 0.05) is 19.1 Å². The second-order valence-electron chi connectivity index (χ2n) is 7.28. The van der Waals surface area contributed by atoms with Crippen LogP contribution in [0.1, 0.15) is 39.2 Å². The molecule has 2 rings (SSSR count). The van der Waals surface area contributed by atoms with E-state index >= 15 is 0 Å². The molecule has 0 aliphatic rings. The Bertz CT molecular complexity index is 978. The van der Waals surface area contributed by atoms with Crippen molar-refractivity contribution >= 4 is 16.1 Å². The van der Waals surface area contributed by atoms with Gasteiger partial charge in [-0.05, 0) is 62.2 Å². The Morgan fingerprint density at radius 1 is 1.13 bits per heavy atom. The van der Waals surface area contributed by atoms with Crippen molar-refractivity contribution < 1.29 is 26.5 Å². The van der Waals surface area contributed by atoms with E-state index in [1.807, 2.05) is 20.8 Å². The van der Waals surface area contributed by atoms with Gasteiger partial charge in [0.1, 0.15) is 10.7 Å². The van der Waals surface area contributed by atoms with E-state index in [4.69, 9.17) is 8.92 Å². The molecule has 1 N–H and O–H groups in total. The molecule has 0 aromatic heterocycles. The Hall–Kier alpha value is -2.81. The van der Waals surface area contributed by atoms with Gasteiger partial charge in [-0.25, -0.2) is 9.18 Å². The highest BCUT2D eigenvalue weighted by atomic mass is 32.2. The van der Waals surface area contributed by atoms with Gasteiger partial charge in [-0.1, -0.05) is 19.4 Å². The largest absolute Gasteiger partial charge is 0.493 e. The van der Waals surface area contributed by atoms with E-state index in [0.717, 1.165) is 37.1 Å². The van der Waals surface area contributed by atoms with E-state index in [1.54, 1.807) is 17.0 Å². The van der Waals surface area contributed by atoms with Gasteiger partial charge in [0.15, 0.2) is 11.5 Å². The monoisotopic (exact) mass is 452 g/mol. The van der Waals surface area contributed by atoms with E-state index in [0.29, 0.717) is 12.1 Å². The molecule has 2 amide bonds. The molecular weight excluding hydrogens is 423 g/mol. The topological polar surface area (TPSA) is 84.9 Å². The maximum Gasteiger partial charge on any atom is 0.339 e. The van der Waals surface area contributed by atoms with Crippen LogP contribution in [0, 0.1) is 5.82 Å². The van der Waals surface area contributed by atoms with Crippen LogP contribution in [0.5, 0.6) is 11.5 Å². The molecule has 0 atom stereocenters. The predicted octanol–water partition coefficient (Wildman–Crippen LogP) is 4.32. The van der Waals surface area contributed by atoms with Gasteiger partial charge in [0.2, 0.25) is 0 Å². The molecule has 0 radical (unpaired) electrons. The molecule has 0 bridgehead atoms. The number of carbonyl (C=O) groups is 1. The Labute approximate surface area is 183 Å². The highest BCUT2D eigenvalue weighted by Gasteiger charge is 2.21. The highest BCUT2D eigenvalue weighted by Crippen LogP contribution is 2.31. The Balaban J connectivity index is 2.26. The minimum atomic E-state index is -4.20. The van der Waals surface area contributed by atoms with Gasteiger partial charge in [0.25, 0.3) is 0 Å². The number of halogens is 1. The third kappa shape index (κ3) is 6.85. The molecule has 0 aliphatic heterocycles. The quantitative estimate of drug-likeness (QED) is 0.429. The first-order valence-corrected chi connectivity index (χ1v) is 11.5. The van der Waals surface area contributed by atoms with Crippen molar-refractivity contribution in [3.8, 4) is 11.5 Å². The number of hydrogen-bond donors (Lipinski definition) is 1. The van der Waals surface area contributed by atoms with Gasteiger partial charge in [0.05, 0.1) is 7.11 Å². The fourth-order valence-corrected chi connectivity index (χ4v) is 3.74. The van der Waals surface area contributed by atoms with Crippen LogP contribution in [0.2, 0.25) is 0 Å². The van der Waals surface area contributed by atoms with Crippen LogP contribution >= 0.6 is 0 Å². The number of nitrogens with zero attached hydrogens (tertiary/aromatic N) is 1. The minimum Gasteiger partial charge on any atom is -0.493 e. The van der Waals surface area contributed by atoms with E-state index in [2.05, 4.69) is 5.32 Å². The summed E-state index contributed by atoms with van der Waals surface area (Å²) in [5.41, 5.74) is 0.671. The summed E-state index contributed by atoms with van der Waals surface area (Å²) < 4.78 is 48.8. The van der Waals surface area contributed by atoms with Gasteiger partial charge in [-0.3, -0.25) is 0 Å². The van der Waals surface area contributed by atoms with Crippen molar-refractivity contribution in [3.63, 3.8) is 0 Å². The van der Waals surface area contributed by atoms with Gasteiger partial charge < -0.3 is 19.1 Å². The molecule has 9 heteroatoms. The van der Waals surface area contributed by atoms with Crippen LogP contribution in [0.3, 0.4) is 0 Å². The summed E-state index contributed by atoms with van der Waals surface area (Å²) >= 11 is 0. The summed E-state index contributed by atoms with van der Waals surface area (Å²) in [6.07, 6.45) is 1.86. The molecule has 0 spiro atoms. The SMILES string of the molecule is CCCCNC(=O)N(Cc1ccc(OC)c(OS(=O)(=O)c2ccc(F)cc2)c1)C(C)C. The van der Waals surface area contributed by atoms with E-state index in [-0.39, 0.29) is 35.0 Å². The van der Waals surface area contributed by atoms with Gasteiger partial charge in [-0.2, -0.15) is 8.42 Å². The number of carbonyl (C=O) groups excluding carboxylic acids is 1. The van der Waals surface area contributed by atoms with Gasteiger partial charge >= 0.3 is 16.1 Å². The molecule has 0 heterocycles. The van der Waals surface area contributed by atoms with Crippen molar-refractivity contribution in [1.29, 1.82) is 0 Å². The number of benzene rings is 2. The summed E-state index contributed by atoms with van der Waals surface area (Å²) in [4.78, 5) is 14.0. The fraction of sp³-hybridized carbons (Fsp3) is 0.409. The molecule has 170 valence electrons. The normalized spacial score (nSPS) is 11.3. The third-order valence-corrected chi connectivity index (χ3v) is 5.82. The second-order valence-corrected chi connectivity index (χ2v) is 8.83. The van der Waals surface area contributed by atoms with Crippen LogP contribution in [-0.2, 0) is 16.7 Å². The minimum absolute atomic E-state index is 0.0144. The Kier molecular flexibility index (Phi) is 8.67. The number of ether oxygens (including phenoxy) is 1. The van der Waals surface area contributed by atoms with Crippen LogP contribution in [0.25, 0.3) is 0 Å². The molecule has 2 aromatic rings. The lowest BCUT2D eigenvalue weighted by Gasteiger charge is -2.27. The number of amides is 2. The molecule has 2 aromatic carbocycles. The predicted molar refractivity (Wildman–Crippen MR) is 116 cm³/mol. The van der Waals surface area contributed by atoms with Crippen molar-refractivity contribution in [1.82, 2.24) is 10.2 Å². The third-order valence-electron chi connectivity index (χ3n) is 4.57. The molecule has 0 aliphatic carbocycles. The lowest BCUT2D eigenvalue weighted by Crippen LogP contribution is -2.43. The number of unbranched alkanes of at least 4 members (excludes halogenated alkanes) is 1. The summed E-state index contributed by atoms with van der Waals surface area (Å²) in [6, 6.07) is 8.92. The fourth-order valence-electron chi connectivity index (χ4n) is 2.81. The highest BCUT2D eigenvalue weighted by molar-refractivity contribution is 7.87. The molecule has 0 saturated heterocycles. The van der Waals surface area contributed by atoms with Crippen molar-refractivity contribution in [2.24, 2.45) is 0 Å². The second kappa shape index (κ2) is 11.0. The number of hydrogen-bond acceptors (Lipinski definition) is 5. The Morgan fingerprint density at radius 3 is 2.39 bits per heavy atom. The van der Waals surface area contributed by atoms with Crippen LogP contribution < -0.4 is 14.2 Å². The lowest BCUT2D eigenvalue weighted by atomic mass is 10.1. The smallest absolute Gasteiger partial charge is 0.339 e. The maximum atomic E-state index is 13.1. The Morgan fingerprint density at radius 2 is 1.81 bits per heavy atom. The standard InChI is InChI=1S/C22H29FN2O5S/c1-5-6-13-24-22(26)25(16(2)3)15-17-7-12-20(29-4)21(14-17)30-31(27,28)19-10-8-18(23)9-11-19/h7-12,14,16H,5-6,13,15H2,1-4H3,(H,24,26). The summed E-state index contributed by atoms with van der Waals surface area (Å²) in [7, 11) is -2.80. The molecule has 0 saturated carbocycles. The molecule has 31 heavy (non-hydrogen) atoms. The first-order chi connectivity index (χ1) is 14.7. The molecule has 0 unspecified atom stereocenters. The zero-order chi connectivity index (χ0) is 23.0. The molecule has 0 fully saturated rings. The summed E-state index contributed by atoms with van der Waals surface area (Å²) in [5.74, 6) is -0.345. The molecule has 7 nitrogen and oxygen atoms in total. The summed E-state index contributed by atoms with van der Waals surface area (Å²) in [5, 5.41) is 2.89. The average Bonchev–Trinajstić information content (AvgIpc) is 2.72. The van der Waals surface area contributed by atoms with E-state index in [1.165, 1.54) is 13.2 Å².